The van der Waals surface area contributed by atoms with E-state index in [1.807, 2.05) is 13.0 Å². The standard InChI is InChI=1S/C11H14N4S/c1-7-4-6-16-11(7)10(15-12)9-3-5-13-8(2)14-9/h3-6,10,15H,12H2,1-2H3. The normalized spacial score (nSPS) is 12.7. The van der Waals surface area contributed by atoms with Gasteiger partial charge in [-0.15, -0.1) is 11.3 Å². The third-order valence-electron chi connectivity index (χ3n) is 2.42. The molecule has 0 amide bonds. The van der Waals surface area contributed by atoms with Crippen LogP contribution >= 0.6 is 11.3 Å². The molecule has 0 bridgehead atoms. The third-order valence-corrected chi connectivity index (χ3v) is 3.51. The Labute approximate surface area is 98.5 Å². The maximum Gasteiger partial charge on any atom is 0.125 e. The van der Waals surface area contributed by atoms with Crippen LogP contribution < -0.4 is 11.3 Å². The summed E-state index contributed by atoms with van der Waals surface area (Å²) in [4.78, 5) is 9.67. The SMILES string of the molecule is Cc1nccc(C(NN)c2sccc2C)n1. The molecule has 16 heavy (non-hydrogen) atoms. The minimum absolute atomic E-state index is 0.0540. The lowest BCUT2D eigenvalue weighted by Crippen LogP contribution is -2.29. The Balaban J connectivity index is 2.40. The van der Waals surface area contributed by atoms with Gasteiger partial charge < -0.3 is 0 Å². The summed E-state index contributed by atoms with van der Waals surface area (Å²) in [6, 6.07) is 3.91. The molecule has 0 radical (unpaired) electrons. The van der Waals surface area contributed by atoms with Gasteiger partial charge in [-0.3, -0.25) is 5.84 Å². The smallest absolute Gasteiger partial charge is 0.125 e. The summed E-state index contributed by atoms with van der Waals surface area (Å²) in [6.07, 6.45) is 1.75. The van der Waals surface area contributed by atoms with Crippen molar-refractivity contribution in [2.24, 2.45) is 5.84 Å². The summed E-state index contributed by atoms with van der Waals surface area (Å²) in [5.74, 6) is 6.37. The van der Waals surface area contributed by atoms with Gasteiger partial charge in [0.15, 0.2) is 0 Å². The lowest BCUT2D eigenvalue weighted by Gasteiger charge is -2.15. The Hall–Kier alpha value is -1.30. The molecule has 0 saturated heterocycles. The molecule has 0 spiro atoms. The quantitative estimate of drug-likeness (QED) is 0.627. The first-order chi connectivity index (χ1) is 7.72. The summed E-state index contributed by atoms with van der Waals surface area (Å²) in [7, 11) is 0. The number of aryl methyl sites for hydroxylation is 2. The number of thiophene rings is 1. The minimum Gasteiger partial charge on any atom is -0.270 e. The average molecular weight is 234 g/mol. The molecule has 84 valence electrons. The highest BCUT2D eigenvalue weighted by molar-refractivity contribution is 7.10. The van der Waals surface area contributed by atoms with Crippen LogP contribution in [0.3, 0.4) is 0 Å². The number of rotatable bonds is 3. The molecule has 1 atom stereocenters. The topological polar surface area (TPSA) is 63.8 Å². The summed E-state index contributed by atoms with van der Waals surface area (Å²) in [5.41, 5.74) is 4.94. The Morgan fingerprint density at radius 1 is 1.38 bits per heavy atom. The second-order valence-electron chi connectivity index (χ2n) is 3.60. The number of nitrogens with one attached hydrogen (secondary N) is 1. The van der Waals surface area contributed by atoms with E-state index in [2.05, 4.69) is 33.8 Å². The van der Waals surface area contributed by atoms with Crippen LogP contribution in [0.2, 0.25) is 0 Å². The second kappa shape index (κ2) is 4.69. The molecular formula is C11H14N4S. The van der Waals surface area contributed by atoms with Gasteiger partial charge in [0.25, 0.3) is 0 Å². The average Bonchev–Trinajstić information content (AvgIpc) is 2.67. The minimum atomic E-state index is -0.0540. The molecule has 0 fully saturated rings. The van der Waals surface area contributed by atoms with E-state index in [1.54, 1.807) is 17.5 Å². The summed E-state index contributed by atoms with van der Waals surface area (Å²) < 4.78 is 0. The maximum absolute atomic E-state index is 5.61. The molecule has 4 nitrogen and oxygen atoms in total. The zero-order valence-electron chi connectivity index (χ0n) is 9.27. The molecular weight excluding hydrogens is 220 g/mol. The molecule has 0 aromatic carbocycles. The number of aromatic nitrogens is 2. The fourth-order valence-electron chi connectivity index (χ4n) is 1.61. The number of hydrogen-bond acceptors (Lipinski definition) is 5. The molecule has 0 aliphatic rings. The monoisotopic (exact) mass is 234 g/mol. The van der Waals surface area contributed by atoms with Gasteiger partial charge in [0.1, 0.15) is 5.82 Å². The molecule has 2 heterocycles. The summed E-state index contributed by atoms with van der Waals surface area (Å²) in [5, 5.41) is 2.06. The number of nitrogens with zero attached hydrogens (tertiary/aromatic N) is 2. The third kappa shape index (κ3) is 2.11. The van der Waals surface area contributed by atoms with Crippen LogP contribution in [0.5, 0.6) is 0 Å². The highest BCUT2D eigenvalue weighted by atomic mass is 32.1. The predicted molar refractivity (Wildman–Crippen MR) is 65.0 cm³/mol. The fraction of sp³-hybridized carbons (Fsp3) is 0.273. The van der Waals surface area contributed by atoms with Crippen molar-refractivity contribution in [1.29, 1.82) is 0 Å². The lowest BCUT2D eigenvalue weighted by molar-refractivity contribution is 0.623. The van der Waals surface area contributed by atoms with E-state index in [1.165, 1.54) is 10.4 Å². The Bertz CT molecular complexity index is 480. The second-order valence-corrected chi connectivity index (χ2v) is 4.54. The zero-order chi connectivity index (χ0) is 11.5. The van der Waals surface area contributed by atoms with E-state index < -0.39 is 0 Å². The molecule has 0 saturated carbocycles. The molecule has 5 heteroatoms. The largest absolute Gasteiger partial charge is 0.270 e. The van der Waals surface area contributed by atoms with Crippen LogP contribution in [0.4, 0.5) is 0 Å². The van der Waals surface area contributed by atoms with E-state index in [9.17, 15) is 0 Å². The van der Waals surface area contributed by atoms with Crippen molar-refractivity contribution < 1.29 is 0 Å². The van der Waals surface area contributed by atoms with Crippen molar-refractivity contribution >= 4 is 11.3 Å². The number of hydrazine groups is 1. The van der Waals surface area contributed by atoms with E-state index in [0.29, 0.717) is 0 Å². The van der Waals surface area contributed by atoms with Crippen molar-refractivity contribution in [2.45, 2.75) is 19.9 Å². The molecule has 0 aliphatic heterocycles. The van der Waals surface area contributed by atoms with Crippen LogP contribution in [-0.4, -0.2) is 9.97 Å². The van der Waals surface area contributed by atoms with Gasteiger partial charge in [-0.05, 0) is 36.9 Å². The van der Waals surface area contributed by atoms with Crippen LogP contribution in [-0.2, 0) is 0 Å². The number of nitrogens with two attached hydrogens (primary N) is 1. The van der Waals surface area contributed by atoms with Crippen LogP contribution in [0.25, 0.3) is 0 Å². The maximum atomic E-state index is 5.61. The van der Waals surface area contributed by atoms with Crippen LogP contribution in [0.1, 0.15) is 28.0 Å². The Kier molecular flexibility index (Phi) is 3.28. The first-order valence-electron chi connectivity index (χ1n) is 5.02. The molecule has 0 aliphatic carbocycles. The van der Waals surface area contributed by atoms with Crippen molar-refractivity contribution in [1.82, 2.24) is 15.4 Å². The van der Waals surface area contributed by atoms with Crippen molar-refractivity contribution in [3.8, 4) is 0 Å². The summed E-state index contributed by atoms with van der Waals surface area (Å²) >= 11 is 1.68. The van der Waals surface area contributed by atoms with Crippen molar-refractivity contribution in [3.63, 3.8) is 0 Å². The Morgan fingerprint density at radius 3 is 2.75 bits per heavy atom. The first-order valence-corrected chi connectivity index (χ1v) is 5.90. The molecule has 2 rings (SSSR count). The van der Waals surface area contributed by atoms with Crippen molar-refractivity contribution in [2.75, 3.05) is 0 Å². The Morgan fingerprint density at radius 2 is 2.19 bits per heavy atom. The van der Waals surface area contributed by atoms with Gasteiger partial charge in [0.05, 0.1) is 11.7 Å². The van der Waals surface area contributed by atoms with Gasteiger partial charge in [-0.25, -0.2) is 15.4 Å². The van der Waals surface area contributed by atoms with Gasteiger partial charge in [-0.1, -0.05) is 0 Å². The van der Waals surface area contributed by atoms with Crippen LogP contribution in [0, 0.1) is 13.8 Å². The van der Waals surface area contributed by atoms with E-state index in [4.69, 9.17) is 5.84 Å². The molecule has 1 unspecified atom stereocenters. The van der Waals surface area contributed by atoms with Gasteiger partial charge in [0, 0.05) is 11.1 Å². The van der Waals surface area contributed by atoms with Crippen molar-refractivity contribution in [3.05, 3.63) is 45.7 Å². The van der Waals surface area contributed by atoms with E-state index in [-0.39, 0.29) is 6.04 Å². The fourth-order valence-corrected chi connectivity index (χ4v) is 2.61. The van der Waals surface area contributed by atoms with Gasteiger partial charge in [0.2, 0.25) is 0 Å². The molecule has 2 aromatic heterocycles. The van der Waals surface area contributed by atoms with Crippen LogP contribution in [0.15, 0.2) is 23.7 Å². The molecule has 3 N–H and O–H groups in total. The zero-order valence-corrected chi connectivity index (χ0v) is 10.1. The van der Waals surface area contributed by atoms with Gasteiger partial charge >= 0.3 is 0 Å². The summed E-state index contributed by atoms with van der Waals surface area (Å²) in [6.45, 7) is 3.95. The lowest BCUT2D eigenvalue weighted by atomic mass is 10.1. The highest BCUT2D eigenvalue weighted by Gasteiger charge is 2.17. The highest BCUT2D eigenvalue weighted by Crippen LogP contribution is 2.27. The predicted octanol–water partition coefficient (Wildman–Crippen LogP) is 1.71. The van der Waals surface area contributed by atoms with E-state index >= 15 is 0 Å². The van der Waals surface area contributed by atoms with E-state index in [0.717, 1.165) is 11.5 Å². The molecule has 2 aromatic rings. The van der Waals surface area contributed by atoms with Gasteiger partial charge in [-0.2, -0.15) is 0 Å². The number of hydrogen-bond donors (Lipinski definition) is 2. The first kappa shape index (κ1) is 11.2.